The molecule has 1 atom stereocenters. The van der Waals surface area contributed by atoms with E-state index in [1.807, 2.05) is 6.92 Å². The van der Waals surface area contributed by atoms with E-state index in [4.69, 9.17) is 4.52 Å². The molecule has 1 saturated heterocycles. The van der Waals surface area contributed by atoms with Crippen molar-refractivity contribution < 1.29 is 13.7 Å². The van der Waals surface area contributed by atoms with Crippen LogP contribution in [0.15, 0.2) is 28.8 Å². The SMILES string of the molecule is Cc1noc(C(C)N2CCN(C(=O)c3ccccc3F)CC2)n1. The van der Waals surface area contributed by atoms with Crippen molar-refractivity contribution >= 4 is 5.91 Å². The van der Waals surface area contributed by atoms with Crippen LogP contribution in [0, 0.1) is 12.7 Å². The third kappa shape index (κ3) is 3.24. The van der Waals surface area contributed by atoms with Crippen LogP contribution in [0.3, 0.4) is 0 Å². The van der Waals surface area contributed by atoms with E-state index in [2.05, 4.69) is 15.0 Å². The molecule has 1 aliphatic rings. The number of nitrogens with zero attached hydrogens (tertiary/aromatic N) is 4. The molecule has 1 unspecified atom stereocenters. The predicted octanol–water partition coefficient (Wildman–Crippen LogP) is 2.04. The molecule has 23 heavy (non-hydrogen) atoms. The Balaban J connectivity index is 1.62. The molecule has 1 aromatic heterocycles. The van der Waals surface area contributed by atoms with Gasteiger partial charge >= 0.3 is 0 Å². The quantitative estimate of drug-likeness (QED) is 0.866. The van der Waals surface area contributed by atoms with Gasteiger partial charge < -0.3 is 9.42 Å². The van der Waals surface area contributed by atoms with Crippen molar-refractivity contribution in [1.82, 2.24) is 19.9 Å². The summed E-state index contributed by atoms with van der Waals surface area (Å²) in [5.74, 6) is 0.454. The highest BCUT2D eigenvalue weighted by Gasteiger charge is 2.28. The smallest absolute Gasteiger partial charge is 0.256 e. The lowest BCUT2D eigenvalue weighted by atomic mass is 10.1. The van der Waals surface area contributed by atoms with Gasteiger partial charge in [-0.15, -0.1) is 0 Å². The molecule has 1 fully saturated rings. The van der Waals surface area contributed by atoms with Crippen LogP contribution >= 0.6 is 0 Å². The standard InChI is InChI=1S/C16H19FN4O2/c1-11(15-18-12(2)19-23-15)20-7-9-21(10-8-20)16(22)13-5-3-4-6-14(13)17/h3-6,11H,7-10H2,1-2H3. The fraction of sp³-hybridized carbons (Fsp3) is 0.438. The lowest BCUT2D eigenvalue weighted by Gasteiger charge is -2.36. The summed E-state index contributed by atoms with van der Waals surface area (Å²) >= 11 is 0. The van der Waals surface area contributed by atoms with Gasteiger partial charge in [0.25, 0.3) is 5.91 Å². The summed E-state index contributed by atoms with van der Waals surface area (Å²) < 4.78 is 18.9. The zero-order valence-corrected chi connectivity index (χ0v) is 13.2. The van der Waals surface area contributed by atoms with Crippen molar-refractivity contribution in [2.24, 2.45) is 0 Å². The molecule has 0 spiro atoms. The molecular weight excluding hydrogens is 299 g/mol. The Kier molecular flexibility index (Phi) is 4.38. The molecule has 0 radical (unpaired) electrons. The predicted molar refractivity (Wildman–Crippen MR) is 81.3 cm³/mol. The van der Waals surface area contributed by atoms with E-state index >= 15 is 0 Å². The number of piperazine rings is 1. The molecule has 1 aliphatic heterocycles. The van der Waals surface area contributed by atoms with Crippen LogP contribution in [0.1, 0.15) is 35.0 Å². The van der Waals surface area contributed by atoms with Gasteiger partial charge in [-0.25, -0.2) is 4.39 Å². The Morgan fingerprint density at radius 1 is 1.26 bits per heavy atom. The average Bonchev–Trinajstić information content (AvgIpc) is 3.01. The minimum absolute atomic E-state index is 0.00177. The second-order valence-corrected chi connectivity index (χ2v) is 5.66. The number of benzene rings is 1. The van der Waals surface area contributed by atoms with E-state index in [1.165, 1.54) is 12.1 Å². The molecule has 6 nitrogen and oxygen atoms in total. The van der Waals surface area contributed by atoms with Crippen molar-refractivity contribution in [3.05, 3.63) is 47.4 Å². The maximum absolute atomic E-state index is 13.7. The van der Waals surface area contributed by atoms with Crippen molar-refractivity contribution in [2.75, 3.05) is 26.2 Å². The first-order chi connectivity index (χ1) is 11.1. The van der Waals surface area contributed by atoms with Crippen molar-refractivity contribution in [2.45, 2.75) is 19.9 Å². The molecular formula is C16H19FN4O2. The Hall–Kier alpha value is -2.28. The van der Waals surface area contributed by atoms with Gasteiger partial charge in [0.05, 0.1) is 11.6 Å². The zero-order chi connectivity index (χ0) is 16.4. The van der Waals surface area contributed by atoms with Gasteiger partial charge in [0, 0.05) is 26.2 Å². The van der Waals surface area contributed by atoms with E-state index in [1.54, 1.807) is 24.0 Å². The summed E-state index contributed by atoms with van der Waals surface area (Å²) in [7, 11) is 0. The molecule has 0 aliphatic carbocycles. The number of hydrogen-bond acceptors (Lipinski definition) is 5. The second kappa shape index (κ2) is 6.45. The van der Waals surface area contributed by atoms with Crippen molar-refractivity contribution in [3.8, 4) is 0 Å². The van der Waals surface area contributed by atoms with Gasteiger partial charge in [0.2, 0.25) is 5.89 Å². The number of carbonyl (C=O) groups is 1. The highest BCUT2D eigenvalue weighted by molar-refractivity contribution is 5.94. The van der Waals surface area contributed by atoms with Crippen LogP contribution in [0.5, 0.6) is 0 Å². The van der Waals surface area contributed by atoms with E-state index < -0.39 is 5.82 Å². The maximum atomic E-state index is 13.7. The summed E-state index contributed by atoms with van der Waals surface area (Å²) in [4.78, 5) is 20.5. The molecule has 7 heteroatoms. The first kappa shape index (κ1) is 15.6. The van der Waals surface area contributed by atoms with Gasteiger partial charge in [-0.1, -0.05) is 17.3 Å². The molecule has 1 amide bonds. The number of carbonyl (C=O) groups excluding carboxylic acids is 1. The number of amides is 1. The van der Waals surface area contributed by atoms with Crippen LogP contribution in [-0.2, 0) is 0 Å². The third-order valence-electron chi connectivity index (χ3n) is 4.15. The Bertz CT molecular complexity index is 695. The topological polar surface area (TPSA) is 62.5 Å². The number of aryl methyl sites for hydroxylation is 1. The van der Waals surface area contributed by atoms with Crippen molar-refractivity contribution in [3.63, 3.8) is 0 Å². The Morgan fingerprint density at radius 2 is 1.96 bits per heavy atom. The van der Waals surface area contributed by atoms with Gasteiger partial charge in [-0.2, -0.15) is 4.98 Å². The van der Waals surface area contributed by atoms with E-state index in [0.29, 0.717) is 37.9 Å². The summed E-state index contributed by atoms with van der Waals surface area (Å²) in [5.41, 5.74) is 0.126. The lowest BCUT2D eigenvalue weighted by Crippen LogP contribution is -2.49. The van der Waals surface area contributed by atoms with Crippen LogP contribution in [0.2, 0.25) is 0 Å². The van der Waals surface area contributed by atoms with Crippen molar-refractivity contribution in [1.29, 1.82) is 0 Å². The summed E-state index contributed by atoms with van der Waals surface area (Å²) in [6.45, 7) is 6.24. The number of hydrogen-bond donors (Lipinski definition) is 0. The van der Waals surface area contributed by atoms with Gasteiger partial charge in [0.1, 0.15) is 5.82 Å². The molecule has 2 aromatic rings. The molecule has 3 rings (SSSR count). The molecule has 122 valence electrons. The second-order valence-electron chi connectivity index (χ2n) is 5.66. The van der Waals surface area contributed by atoms with Crippen LogP contribution in [0.25, 0.3) is 0 Å². The number of aromatic nitrogens is 2. The summed E-state index contributed by atoms with van der Waals surface area (Å²) in [5, 5.41) is 3.81. The van der Waals surface area contributed by atoms with Gasteiger partial charge in [-0.3, -0.25) is 9.69 Å². The van der Waals surface area contributed by atoms with Crippen LogP contribution in [-0.4, -0.2) is 52.0 Å². The Morgan fingerprint density at radius 3 is 2.57 bits per heavy atom. The Labute approximate surface area is 133 Å². The van der Waals surface area contributed by atoms with Gasteiger partial charge in [-0.05, 0) is 26.0 Å². The first-order valence-corrected chi connectivity index (χ1v) is 7.64. The third-order valence-corrected chi connectivity index (χ3v) is 4.15. The molecule has 2 heterocycles. The molecule has 1 aromatic carbocycles. The number of rotatable bonds is 3. The monoisotopic (exact) mass is 318 g/mol. The highest BCUT2D eigenvalue weighted by atomic mass is 19.1. The normalized spacial score (nSPS) is 17.3. The zero-order valence-electron chi connectivity index (χ0n) is 13.2. The minimum Gasteiger partial charge on any atom is -0.338 e. The summed E-state index contributed by atoms with van der Waals surface area (Å²) in [6.07, 6.45) is 0. The number of halogens is 1. The molecule has 0 bridgehead atoms. The highest BCUT2D eigenvalue weighted by Crippen LogP contribution is 2.21. The van der Waals surface area contributed by atoms with Crippen LogP contribution < -0.4 is 0 Å². The van der Waals surface area contributed by atoms with Gasteiger partial charge in [0.15, 0.2) is 5.82 Å². The van der Waals surface area contributed by atoms with E-state index in [0.717, 1.165) is 0 Å². The maximum Gasteiger partial charge on any atom is 0.256 e. The van der Waals surface area contributed by atoms with E-state index in [9.17, 15) is 9.18 Å². The minimum atomic E-state index is -0.477. The lowest BCUT2D eigenvalue weighted by molar-refractivity contribution is 0.0547. The average molecular weight is 318 g/mol. The largest absolute Gasteiger partial charge is 0.338 e. The fourth-order valence-electron chi connectivity index (χ4n) is 2.76. The van der Waals surface area contributed by atoms with Crippen LogP contribution in [0.4, 0.5) is 4.39 Å². The molecule has 0 saturated carbocycles. The first-order valence-electron chi connectivity index (χ1n) is 7.64. The van der Waals surface area contributed by atoms with E-state index in [-0.39, 0.29) is 17.5 Å². The summed E-state index contributed by atoms with van der Waals surface area (Å²) in [6, 6.07) is 6.09. The molecule has 0 N–H and O–H groups in total. The fourth-order valence-corrected chi connectivity index (χ4v) is 2.76.